The summed E-state index contributed by atoms with van der Waals surface area (Å²) in [5.74, 6) is 2.45. The molecule has 3 fully saturated rings. The number of alkyl halides is 1. The van der Waals surface area contributed by atoms with Crippen LogP contribution in [0, 0.1) is 23.7 Å². The maximum absolute atomic E-state index is 15.2. The lowest BCUT2D eigenvalue weighted by molar-refractivity contribution is -0.00740. The van der Waals surface area contributed by atoms with E-state index in [1.807, 2.05) is 12.2 Å². The largest absolute Gasteiger partial charge is 0.378 e. The van der Waals surface area contributed by atoms with Gasteiger partial charge >= 0.3 is 0 Å². The minimum atomic E-state index is -0.563. The Morgan fingerprint density at radius 3 is 1.65 bits per heavy atom. The van der Waals surface area contributed by atoms with Crippen molar-refractivity contribution in [3.05, 3.63) is 25.3 Å². The van der Waals surface area contributed by atoms with Crippen LogP contribution in [0.15, 0.2) is 25.3 Å². The van der Waals surface area contributed by atoms with E-state index in [0.717, 1.165) is 64.1 Å². The predicted molar refractivity (Wildman–Crippen MR) is 156 cm³/mol. The molecule has 3 saturated carbocycles. The number of allylic oxidation sites excluding steroid dienone is 2. The molecule has 0 aliphatic heterocycles. The van der Waals surface area contributed by atoms with Gasteiger partial charge in [-0.3, -0.25) is 0 Å². The Labute approximate surface area is 229 Å². The second kappa shape index (κ2) is 18.6. The third-order valence-electron chi connectivity index (χ3n) is 9.84. The summed E-state index contributed by atoms with van der Waals surface area (Å²) in [4.78, 5) is 0. The summed E-state index contributed by atoms with van der Waals surface area (Å²) in [6, 6.07) is 0. The molecule has 0 saturated heterocycles. The van der Waals surface area contributed by atoms with Crippen molar-refractivity contribution in [2.75, 3.05) is 13.2 Å². The summed E-state index contributed by atoms with van der Waals surface area (Å²) in [6.45, 7) is 9.38. The van der Waals surface area contributed by atoms with Gasteiger partial charge in [-0.2, -0.15) is 0 Å². The second-order valence-electron chi connectivity index (χ2n) is 12.6. The highest BCUT2D eigenvalue weighted by Gasteiger charge is 2.37. The van der Waals surface area contributed by atoms with E-state index in [1.165, 1.54) is 89.9 Å². The van der Waals surface area contributed by atoms with E-state index in [0.29, 0.717) is 30.0 Å². The molecule has 3 unspecified atom stereocenters. The maximum Gasteiger partial charge on any atom is 0.103 e. The van der Waals surface area contributed by atoms with Crippen LogP contribution in [-0.4, -0.2) is 31.6 Å². The molecule has 3 rings (SSSR count). The van der Waals surface area contributed by atoms with Crippen LogP contribution in [0.1, 0.15) is 135 Å². The minimum absolute atomic E-state index is 0.323. The molecule has 0 bridgehead atoms. The molecule has 3 atom stereocenters. The number of rotatable bonds is 18. The molecule has 0 aromatic heterocycles. The van der Waals surface area contributed by atoms with Crippen molar-refractivity contribution in [3.63, 3.8) is 0 Å². The standard InChI is InChI=1S/C34H59FO2/c1-3-5-7-11-25-36-31-20-15-28(16-21-31)13-9-10-14-29-17-24-33(34(35)27-29)30-18-22-32(23-19-30)37-26-12-8-6-4-2/h3-4,28-34H,1-2,5-27H2. The van der Waals surface area contributed by atoms with E-state index in [4.69, 9.17) is 9.47 Å². The van der Waals surface area contributed by atoms with Gasteiger partial charge in [0, 0.05) is 13.2 Å². The van der Waals surface area contributed by atoms with Gasteiger partial charge in [-0.1, -0.05) is 37.8 Å². The molecule has 214 valence electrons. The fraction of sp³-hybridized carbons (Fsp3) is 0.882. The highest BCUT2D eigenvalue weighted by atomic mass is 19.1. The van der Waals surface area contributed by atoms with Crippen molar-refractivity contribution in [2.24, 2.45) is 23.7 Å². The van der Waals surface area contributed by atoms with Gasteiger partial charge in [-0.05, 0) is 133 Å². The molecule has 0 heterocycles. The number of unbranched alkanes of at least 4 members (excludes halogenated alkanes) is 5. The lowest BCUT2D eigenvalue weighted by Crippen LogP contribution is -2.35. The highest BCUT2D eigenvalue weighted by Crippen LogP contribution is 2.43. The molecule has 0 aromatic carbocycles. The Kier molecular flexibility index (Phi) is 15.5. The highest BCUT2D eigenvalue weighted by molar-refractivity contribution is 4.87. The van der Waals surface area contributed by atoms with Crippen molar-refractivity contribution >= 4 is 0 Å². The molecular weight excluding hydrogens is 459 g/mol. The lowest BCUT2D eigenvalue weighted by Gasteiger charge is -2.39. The molecule has 37 heavy (non-hydrogen) atoms. The van der Waals surface area contributed by atoms with Gasteiger partial charge in [0.15, 0.2) is 0 Å². The molecule has 2 nitrogen and oxygen atoms in total. The smallest absolute Gasteiger partial charge is 0.103 e. The molecule has 0 N–H and O–H groups in total. The predicted octanol–water partition coefficient (Wildman–Crippen LogP) is 10.2. The molecule has 3 aliphatic carbocycles. The van der Waals surface area contributed by atoms with Crippen LogP contribution in [-0.2, 0) is 9.47 Å². The van der Waals surface area contributed by atoms with Gasteiger partial charge in [-0.25, -0.2) is 4.39 Å². The Bertz CT molecular complexity index is 591. The first-order valence-electron chi connectivity index (χ1n) is 16.3. The Morgan fingerprint density at radius 1 is 0.595 bits per heavy atom. The third kappa shape index (κ3) is 11.9. The molecule has 3 heteroatoms. The monoisotopic (exact) mass is 518 g/mol. The minimum Gasteiger partial charge on any atom is -0.378 e. The zero-order valence-corrected chi connectivity index (χ0v) is 24.1. The second-order valence-corrected chi connectivity index (χ2v) is 12.6. The van der Waals surface area contributed by atoms with Crippen molar-refractivity contribution in [3.8, 4) is 0 Å². The van der Waals surface area contributed by atoms with Gasteiger partial charge in [0.05, 0.1) is 12.2 Å². The van der Waals surface area contributed by atoms with Gasteiger partial charge in [0.25, 0.3) is 0 Å². The average Bonchev–Trinajstić information content (AvgIpc) is 2.92. The summed E-state index contributed by atoms with van der Waals surface area (Å²) in [7, 11) is 0. The topological polar surface area (TPSA) is 18.5 Å². The van der Waals surface area contributed by atoms with Crippen LogP contribution < -0.4 is 0 Å². The molecule has 3 aliphatic rings. The molecule has 0 radical (unpaired) electrons. The van der Waals surface area contributed by atoms with Crippen LogP contribution in [0.25, 0.3) is 0 Å². The lowest BCUT2D eigenvalue weighted by atomic mass is 9.69. The van der Waals surface area contributed by atoms with E-state index >= 15 is 4.39 Å². The van der Waals surface area contributed by atoms with E-state index in [-0.39, 0.29) is 0 Å². The van der Waals surface area contributed by atoms with E-state index in [1.54, 1.807) is 0 Å². The van der Waals surface area contributed by atoms with Crippen molar-refractivity contribution in [2.45, 2.75) is 153 Å². The third-order valence-corrected chi connectivity index (χ3v) is 9.84. The first-order valence-corrected chi connectivity index (χ1v) is 16.3. The fourth-order valence-corrected chi connectivity index (χ4v) is 7.43. The molecule has 0 amide bonds. The van der Waals surface area contributed by atoms with Gasteiger partial charge in [-0.15, -0.1) is 13.2 Å². The Hall–Kier alpha value is -0.670. The number of ether oxygens (including phenoxy) is 2. The van der Waals surface area contributed by atoms with E-state index < -0.39 is 6.17 Å². The normalized spacial score (nSPS) is 32.7. The van der Waals surface area contributed by atoms with Crippen molar-refractivity contribution in [1.29, 1.82) is 0 Å². The fourth-order valence-electron chi connectivity index (χ4n) is 7.43. The van der Waals surface area contributed by atoms with E-state index in [2.05, 4.69) is 13.2 Å². The molecule has 0 aromatic rings. The summed E-state index contributed by atoms with van der Waals surface area (Å²) in [5, 5.41) is 0. The zero-order valence-electron chi connectivity index (χ0n) is 24.1. The maximum atomic E-state index is 15.2. The number of hydrogen-bond donors (Lipinski definition) is 0. The SMILES string of the molecule is C=CCCCCOC1CCC(CCCCC2CCC(C3CCC(OCCCCC=C)CC3)C(F)C2)CC1. The van der Waals surface area contributed by atoms with Crippen molar-refractivity contribution in [1.82, 2.24) is 0 Å². The van der Waals surface area contributed by atoms with Crippen LogP contribution in [0.3, 0.4) is 0 Å². The van der Waals surface area contributed by atoms with Crippen LogP contribution in [0.4, 0.5) is 4.39 Å². The first kappa shape index (κ1) is 30.9. The zero-order chi connectivity index (χ0) is 26.1. The van der Waals surface area contributed by atoms with Gasteiger partial charge < -0.3 is 9.47 Å². The molecular formula is C34H59FO2. The quantitative estimate of drug-likeness (QED) is 0.133. The number of halogens is 1. The summed E-state index contributed by atoms with van der Waals surface area (Å²) in [6.07, 6.45) is 29.6. The summed E-state index contributed by atoms with van der Waals surface area (Å²) < 4.78 is 27.4. The summed E-state index contributed by atoms with van der Waals surface area (Å²) in [5.41, 5.74) is 0. The Balaban J connectivity index is 1.19. The Morgan fingerprint density at radius 2 is 1.11 bits per heavy atom. The molecule has 0 spiro atoms. The number of hydrogen-bond acceptors (Lipinski definition) is 2. The van der Waals surface area contributed by atoms with E-state index in [9.17, 15) is 0 Å². The first-order chi connectivity index (χ1) is 18.2. The van der Waals surface area contributed by atoms with Gasteiger partial charge in [0.1, 0.15) is 6.17 Å². The van der Waals surface area contributed by atoms with Crippen LogP contribution >= 0.6 is 0 Å². The van der Waals surface area contributed by atoms with Crippen molar-refractivity contribution < 1.29 is 13.9 Å². The average molecular weight is 519 g/mol. The summed E-state index contributed by atoms with van der Waals surface area (Å²) >= 11 is 0. The van der Waals surface area contributed by atoms with Gasteiger partial charge in [0.2, 0.25) is 0 Å². The van der Waals surface area contributed by atoms with Crippen LogP contribution in [0.2, 0.25) is 0 Å². The van der Waals surface area contributed by atoms with Crippen LogP contribution in [0.5, 0.6) is 0 Å².